The van der Waals surface area contributed by atoms with Gasteiger partial charge in [0.25, 0.3) is 0 Å². The number of unbranched alkanes of at least 4 members (excludes halogenated alkanes) is 30. The number of esters is 1. The van der Waals surface area contributed by atoms with Crippen molar-refractivity contribution in [3.8, 4) is 0 Å². The number of hydrogen-bond donors (Lipinski definition) is 2. The van der Waals surface area contributed by atoms with E-state index in [4.69, 9.17) is 24.3 Å². The lowest BCUT2D eigenvalue weighted by molar-refractivity contribution is -0.154. The van der Waals surface area contributed by atoms with Crippen molar-refractivity contribution in [2.45, 2.75) is 238 Å². The number of phosphoric ester groups is 1. The molecule has 2 unspecified atom stereocenters. The van der Waals surface area contributed by atoms with Crippen molar-refractivity contribution in [3.05, 3.63) is 12.2 Å². The molecule has 0 bridgehead atoms. The van der Waals surface area contributed by atoms with Crippen LogP contribution in [0.2, 0.25) is 0 Å². The zero-order valence-corrected chi connectivity index (χ0v) is 36.6. The minimum atomic E-state index is -4.27. The first-order valence-corrected chi connectivity index (χ1v) is 24.7. The molecule has 0 aromatic carbocycles. The van der Waals surface area contributed by atoms with E-state index in [1.54, 1.807) is 0 Å². The van der Waals surface area contributed by atoms with Crippen LogP contribution in [0, 0.1) is 0 Å². The van der Waals surface area contributed by atoms with Crippen molar-refractivity contribution in [1.82, 2.24) is 0 Å². The molecule has 0 amide bonds. The van der Waals surface area contributed by atoms with Gasteiger partial charge < -0.3 is 20.1 Å². The summed E-state index contributed by atoms with van der Waals surface area (Å²) in [7, 11) is -4.27. The van der Waals surface area contributed by atoms with Gasteiger partial charge in [-0.05, 0) is 38.5 Å². The molecule has 9 heteroatoms. The highest BCUT2D eigenvalue weighted by Gasteiger charge is 2.25. The molecular weight excluding hydrogens is 697 g/mol. The number of carbonyl (C=O) groups is 1. The fraction of sp³-hybridized carbons (Fsp3) is 0.933. The van der Waals surface area contributed by atoms with Crippen molar-refractivity contribution in [1.29, 1.82) is 0 Å². The highest BCUT2D eigenvalue weighted by atomic mass is 31.2. The molecule has 54 heavy (non-hydrogen) atoms. The van der Waals surface area contributed by atoms with Gasteiger partial charge >= 0.3 is 13.8 Å². The van der Waals surface area contributed by atoms with Crippen LogP contribution in [0.4, 0.5) is 0 Å². The van der Waals surface area contributed by atoms with E-state index in [0.717, 1.165) is 32.1 Å². The number of nitrogens with two attached hydrogens (primary N) is 1. The van der Waals surface area contributed by atoms with Gasteiger partial charge in [0.05, 0.1) is 19.8 Å². The van der Waals surface area contributed by atoms with Crippen molar-refractivity contribution in [2.24, 2.45) is 5.73 Å². The Morgan fingerprint density at radius 3 is 1.35 bits per heavy atom. The quantitative estimate of drug-likeness (QED) is 0.0271. The van der Waals surface area contributed by atoms with Crippen LogP contribution >= 0.6 is 7.82 Å². The minimum Gasteiger partial charge on any atom is -0.457 e. The van der Waals surface area contributed by atoms with Crippen LogP contribution in [-0.4, -0.2) is 49.9 Å². The maximum Gasteiger partial charge on any atom is 0.472 e. The Balaban J connectivity index is 3.96. The summed E-state index contributed by atoms with van der Waals surface area (Å²) >= 11 is 0. The molecule has 0 aliphatic rings. The third-order valence-corrected chi connectivity index (χ3v) is 11.2. The highest BCUT2D eigenvalue weighted by Crippen LogP contribution is 2.43. The van der Waals surface area contributed by atoms with Gasteiger partial charge in [0.2, 0.25) is 0 Å². The molecule has 0 aliphatic heterocycles. The molecule has 8 nitrogen and oxygen atoms in total. The number of rotatable bonds is 45. The summed E-state index contributed by atoms with van der Waals surface area (Å²) < 4.78 is 33.5. The van der Waals surface area contributed by atoms with Gasteiger partial charge in [-0.1, -0.05) is 199 Å². The van der Waals surface area contributed by atoms with Crippen LogP contribution in [0.1, 0.15) is 232 Å². The first kappa shape index (κ1) is 53.2. The van der Waals surface area contributed by atoms with Crippen LogP contribution < -0.4 is 5.73 Å². The predicted octanol–water partition coefficient (Wildman–Crippen LogP) is 13.9. The maximum absolute atomic E-state index is 12.6. The van der Waals surface area contributed by atoms with Crippen molar-refractivity contribution >= 4 is 13.8 Å². The molecule has 0 aromatic rings. The first-order chi connectivity index (χ1) is 26.4. The van der Waals surface area contributed by atoms with Crippen LogP contribution in [-0.2, 0) is 27.9 Å². The second-order valence-corrected chi connectivity index (χ2v) is 17.1. The van der Waals surface area contributed by atoms with Gasteiger partial charge in [0.15, 0.2) is 0 Å². The Morgan fingerprint density at radius 1 is 0.537 bits per heavy atom. The molecule has 0 fully saturated rings. The first-order valence-electron chi connectivity index (χ1n) is 23.2. The highest BCUT2D eigenvalue weighted by molar-refractivity contribution is 7.47. The van der Waals surface area contributed by atoms with E-state index in [1.165, 1.54) is 180 Å². The zero-order chi connectivity index (χ0) is 39.5. The topological polar surface area (TPSA) is 117 Å². The number of hydrogen-bond acceptors (Lipinski definition) is 7. The van der Waals surface area contributed by atoms with Crippen LogP contribution in [0.25, 0.3) is 0 Å². The van der Waals surface area contributed by atoms with Crippen LogP contribution in [0.5, 0.6) is 0 Å². The van der Waals surface area contributed by atoms with Crippen molar-refractivity contribution in [2.75, 3.05) is 33.0 Å². The van der Waals surface area contributed by atoms with E-state index in [0.29, 0.717) is 13.0 Å². The molecule has 0 heterocycles. The SMILES string of the molecule is CCCCCCCC/C=C\CCCCCCCCOCC(COP(=O)(O)OCCN)OC(=O)CCCCCCCCCCCCCCCCCCCCC. The summed E-state index contributed by atoms with van der Waals surface area (Å²) in [6.07, 6.45) is 46.6. The number of ether oxygens (including phenoxy) is 2. The molecule has 0 aromatic heterocycles. The summed E-state index contributed by atoms with van der Waals surface area (Å²) in [5.41, 5.74) is 5.38. The zero-order valence-electron chi connectivity index (χ0n) is 35.7. The van der Waals surface area contributed by atoms with Crippen LogP contribution in [0.15, 0.2) is 12.2 Å². The summed E-state index contributed by atoms with van der Waals surface area (Å²) in [5.74, 6) is -0.327. The van der Waals surface area contributed by atoms with E-state index in [-0.39, 0.29) is 32.3 Å². The van der Waals surface area contributed by atoms with E-state index in [2.05, 4.69) is 26.0 Å². The Kier molecular flexibility index (Phi) is 42.8. The van der Waals surface area contributed by atoms with E-state index in [9.17, 15) is 14.3 Å². The third kappa shape index (κ3) is 42.4. The lowest BCUT2D eigenvalue weighted by atomic mass is 10.0. The molecule has 0 saturated carbocycles. The Bertz CT molecular complexity index is 843. The standard InChI is InChI=1S/C45H90NO7P/c1-3-5-7-9-11-13-15-17-19-21-22-23-24-26-28-30-32-34-36-38-45(47)53-44(43-52-54(48,49)51-41-39-46)42-50-40-37-35-33-31-29-27-25-20-18-16-14-12-10-8-6-4-2/h18,20,44H,3-17,19,21-43,46H2,1-2H3,(H,48,49)/b20-18-. The summed E-state index contributed by atoms with van der Waals surface area (Å²) in [4.78, 5) is 22.5. The Morgan fingerprint density at radius 2 is 0.926 bits per heavy atom. The molecule has 322 valence electrons. The second-order valence-electron chi connectivity index (χ2n) is 15.6. The van der Waals surface area contributed by atoms with E-state index in [1.807, 2.05) is 0 Å². The number of carbonyl (C=O) groups excluding carboxylic acids is 1. The summed E-state index contributed by atoms with van der Waals surface area (Å²) in [6, 6.07) is 0. The lowest BCUT2D eigenvalue weighted by Crippen LogP contribution is -2.28. The molecular formula is C45H90NO7P. The molecule has 0 spiro atoms. The normalized spacial score (nSPS) is 13.5. The van der Waals surface area contributed by atoms with Gasteiger partial charge in [-0.25, -0.2) is 4.57 Å². The number of allylic oxidation sites excluding steroid dienone is 2. The molecule has 0 radical (unpaired) electrons. The average molecular weight is 788 g/mol. The molecule has 3 N–H and O–H groups in total. The van der Waals surface area contributed by atoms with Gasteiger partial charge in [-0.15, -0.1) is 0 Å². The lowest BCUT2D eigenvalue weighted by Gasteiger charge is -2.20. The minimum absolute atomic E-state index is 0.0932. The molecule has 0 saturated heterocycles. The molecule has 0 rings (SSSR count). The Labute approximate surface area is 334 Å². The predicted molar refractivity (Wildman–Crippen MR) is 229 cm³/mol. The fourth-order valence-corrected chi connectivity index (χ4v) is 7.52. The smallest absolute Gasteiger partial charge is 0.457 e. The molecule has 2 atom stereocenters. The van der Waals surface area contributed by atoms with Gasteiger partial charge in [0.1, 0.15) is 6.10 Å². The van der Waals surface area contributed by atoms with Gasteiger partial charge in [-0.2, -0.15) is 0 Å². The second kappa shape index (κ2) is 43.4. The molecule has 0 aliphatic carbocycles. The largest absolute Gasteiger partial charge is 0.472 e. The van der Waals surface area contributed by atoms with Gasteiger partial charge in [-0.3, -0.25) is 13.8 Å². The average Bonchev–Trinajstić information content (AvgIpc) is 3.16. The summed E-state index contributed by atoms with van der Waals surface area (Å²) in [6.45, 7) is 4.95. The summed E-state index contributed by atoms with van der Waals surface area (Å²) in [5, 5.41) is 0. The Hall–Kier alpha value is -0.760. The maximum atomic E-state index is 12.6. The van der Waals surface area contributed by atoms with Gasteiger partial charge in [0, 0.05) is 19.6 Å². The van der Waals surface area contributed by atoms with Crippen molar-refractivity contribution in [3.63, 3.8) is 0 Å². The van der Waals surface area contributed by atoms with E-state index >= 15 is 0 Å². The van der Waals surface area contributed by atoms with E-state index < -0.39 is 13.9 Å². The van der Waals surface area contributed by atoms with Crippen LogP contribution in [0.3, 0.4) is 0 Å². The van der Waals surface area contributed by atoms with Crippen molar-refractivity contribution < 1.29 is 32.8 Å². The fourth-order valence-electron chi connectivity index (χ4n) is 6.76. The third-order valence-electron chi connectivity index (χ3n) is 10.2. The number of phosphoric acid groups is 1. The monoisotopic (exact) mass is 788 g/mol.